The second-order valence-electron chi connectivity index (χ2n) is 3.67. The molecule has 5 heteroatoms. The summed E-state index contributed by atoms with van der Waals surface area (Å²) in [6.45, 7) is 4.10. The highest BCUT2D eigenvalue weighted by Crippen LogP contribution is 2.25. The Labute approximate surface area is 109 Å². The summed E-state index contributed by atoms with van der Waals surface area (Å²) >= 11 is 3.28. The monoisotopic (exact) mass is 295 g/mol. The fourth-order valence-electron chi connectivity index (χ4n) is 1.70. The molecule has 17 heavy (non-hydrogen) atoms. The fraction of sp³-hybridized carbons (Fsp3) is 0.333. The molecule has 0 saturated heterocycles. The Bertz CT molecular complexity index is 511. The maximum absolute atomic E-state index is 5.47. The molecule has 0 radical (unpaired) electrons. The number of hydrogen-bond acceptors (Lipinski definition) is 4. The van der Waals surface area contributed by atoms with Gasteiger partial charge in [-0.1, -0.05) is 6.92 Å². The van der Waals surface area contributed by atoms with Crippen molar-refractivity contribution < 1.29 is 4.42 Å². The molecule has 2 heterocycles. The number of aromatic nitrogens is 2. The molecule has 4 nitrogen and oxygen atoms in total. The Hall–Kier alpha value is -1.36. The predicted molar refractivity (Wildman–Crippen MR) is 71.1 cm³/mol. The van der Waals surface area contributed by atoms with Crippen molar-refractivity contribution in [2.24, 2.45) is 0 Å². The number of hydrogen-bond donors (Lipinski definition) is 1. The van der Waals surface area contributed by atoms with Crippen molar-refractivity contribution in [2.75, 3.05) is 12.4 Å². The number of nitrogens with zero attached hydrogens (tertiary/aromatic N) is 2. The lowest BCUT2D eigenvalue weighted by Crippen LogP contribution is -2.04. The molecular weight excluding hydrogens is 282 g/mol. The third-order valence-corrected chi connectivity index (χ3v) is 3.04. The van der Waals surface area contributed by atoms with Crippen LogP contribution in [0.4, 0.5) is 5.82 Å². The van der Waals surface area contributed by atoms with Crippen LogP contribution in [0.2, 0.25) is 0 Å². The molecule has 0 bridgehead atoms. The van der Waals surface area contributed by atoms with Gasteiger partial charge in [-0.15, -0.1) is 0 Å². The Morgan fingerprint density at radius 2 is 2.12 bits per heavy atom. The first-order chi connectivity index (χ1) is 8.15. The van der Waals surface area contributed by atoms with E-state index in [0.29, 0.717) is 16.3 Å². The highest BCUT2D eigenvalue weighted by Gasteiger charge is 2.12. The van der Waals surface area contributed by atoms with Gasteiger partial charge in [-0.3, -0.25) is 0 Å². The lowest BCUT2D eigenvalue weighted by Gasteiger charge is -2.09. The molecule has 0 unspecified atom stereocenters. The zero-order valence-electron chi connectivity index (χ0n) is 10.0. The first-order valence-corrected chi connectivity index (χ1v) is 6.26. The molecular formula is C12H14BrN3O. The van der Waals surface area contributed by atoms with Crippen molar-refractivity contribution >= 4 is 21.7 Å². The molecule has 0 saturated carbocycles. The van der Waals surface area contributed by atoms with Crippen LogP contribution in [-0.2, 0) is 6.42 Å². The van der Waals surface area contributed by atoms with Crippen LogP contribution in [0.25, 0.3) is 11.6 Å². The van der Waals surface area contributed by atoms with Crippen molar-refractivity contribution in [3.63, 3.8) is 0 Å². The Morgan fingerprint density at radius 3 is 2.65 bits per heavy atom. The molecule has 0 aliphatic heterocycles. The zero-order chi connectivity index (χ0) is 12.4. The van der Waals surface area contributed by atoms with Crippen LogP contribution in [0.3, 0.4) is 0 Å². The predicted octanol–water partition coefficient (Wildman–Crippen LogP) is 3.41. The number of nitrogens with one attached hydrogen (secondary N) is 1. The number of anilines is 1. The third kappa shape index (κ3) is 2.34. The highest BCUT2D eigenvalue weighted by atomic mass is 79.9. The average Bonchev–Trinajstić information content (AvgIpc) is 2.76. The molecule has 0 aliphatic rings. The number of furan rings is 1. The van der Waals surface area contributed by atoms with Gasteiger partial charge in [0.05, 0.1) is 0 Å². The summed E-state index contributed by atoms with van der Waals surface area (Å²) in [6.07, 6.45) is 0.873. The first-order valence-electron chi connectivity index (χ1n) is 5.46. The van der Waals surface area contributed by atoms with Crippen LogP contribution >= 0.6 is 15.9 Å². The summed E-state index contributed by atoms with van der Waals surface area (Å²) in [6, 6.07) is 3.69. The van der Waals surface area contributed by atoms with E-state index < -0.39 is 0 Å². The fourth-order valence-corrected chi connectivity index (χ4v) is 2.00. The van der Waals surface area contributed by atoms with Gasteiger partial charge in [-0.2, -0.15) is 0 Å². The number of halogens is 1. The van der Waals surface area contributed by atoms with Gasteiger partial charge in [-0.05, 0) is 41.4 Å². The van der Waals surface area contributed by atoms with Crippen LogP contribution in [-0.4, -0.2) is 17.0 Å². The summed E-state index contributed by atoms with van der Waals surface area (Å²) < 4.78 is 6.15. The minimum atomic E-state index is 0.613. The smallest absolute Gasteiger partial charge is 0.197 e. The van der Waals surface area contributed by atoms with E-state index in [4.69, 9.17) is 4.42 Å². The van der Waals surface area contributed by atoms with Crippen LogP contribution < -0.4 is 5.32 Å². The second kappa shape index (κ2) is 4.87. The molecule has 0 atom stereocenters. The SMILES string of the molecule is CCc1nc(-c2ccc(Br)o2)nc(NC)c1C. The van der Waals surface area contributed by atoms with Crippen LogP contribution in [0, 0.1) is 6.92 Å². The summed E-state index contributed by atoms with van der Waals surface area (Å²) in [5, 5.41) is 3.08. The maximum Gasteiger partial charge on any atom is 0.197 e. The van der Waals surface area contributed by atoms with Gasteiger partial charge in [0, 0.05) is 18.3 Å². The molecule has 0 fully saturated rings. The quantitative estimate of drug-likeness (QED) is 0.943. The van der Waals surface area contributed by atoms with Gasteiger partial charge < -0.3 is 9.73 Å². The van der Waals surface area contributed by atoms with Crippen molar-refractivity contribution in [2.45, 2.75) is 20.3 Å². The van der Waals surface area contributed by atoms with E-state index in [2.05, 4.69) is 38.1 Å². The molecule has 0 aromatic carbocycles. The van der Waals surface area contributed by atoms with Gasteiger partial charge in [0.2, 0.25) is 0 Å². The minimum Gasteiger partial charge on any atom is -0.446 e. The Balaban J connectivity index is 2.55. The van der Waals surface area contributed by atoms with Crippen LogP contribution in [0.1, 0.15) is 18.2 Å². The van der Waals surface area contributed by atoms with Gasteiger partial charge >= 0.3 is 0 Å². The Kier molecular flexibility index (Phi) is 3.47. The summed E-state index contributed by atoms with van der Waals surface area (Å²) in [4.78, 5) is 8.96. The normalized spacial score (nSPS) is 10.6. The van der Waals surface area contributed by atoms with Crippen molar-refractivity contribution in [1.82, 2.24) is 9.97 Å². The topological polar surface area (TPSA) is 51.0 Å². The van der Waals surface area contributed by atoms with E-state index in [1.165, 1.54) is 0 Å². The van der Waals surface area contributed by atoms with Crippen LogP contribution in [0.5, 0.6) is 0 Å². The summed E-state index contributed by atoms with van der Waals surface area (Å²) in [5.41, 5.74) is 2.12. The second-order valence-corrected chi connectivity index (χ2v) is 4.46. The van der Waals surface area contributed by atoms with Gasteiger partial charge in [0.15, 0.2) is 16.3 Å². The molecule has 0 spiro atoms. The number of aryl methyl sites for hydroxylation is 1. The molecule has 0 amide bonds. The van der Waals surface area contributed by atoms with Gasteiger partial charge in [-0.25, -0.2) is 9.97 Å². The zero-order valence-corrected chi connectivity index (χ0v) is 11.6. The summed E-state index contributed by atoms with van der Waals surface area (Å²) in [7, 11) is 1.86. The molecule has 90 valence electrons. The van der Waals surface area contributed by atoms with Gasteiger partial charge in [0.1, 0.15) is 5.82 Å². The van der Waals surface area contributed by atoms with E-state index >= 15 is 0 Å². The van der Waals surface area contributed by atoms with E-state index in [-0.39, 0.29) is 0 Å². The van der Waals surface area contributed by atoms with Crippen molar-refractivity contribution in [3.05, 3.63) is 28.1 Å². The van der Waals surface area contributed by atoms with E-state index in [1.54, 1.807) is 0 Å². The number of rotatable bonds is 3. The lowest BCUT2D eigenvalue weighted by atomic mass is 10.2. The largest absolute Gasteiger partial charge is 0.446 e. The standard InChI is InChI=1S/C12H14BrN3O/c1-4-8-7(2)11(14-3)16-12(15-8)9-5-6-10(13)17-9/h5-6H,4H2,1-3H3,(H,14,15,16). The van der Waals surface area contributed by atoms with E-state index in [1.807, 2.05) is 26.1 Å². The Morgan fingerprint density at radius 1 is 1.35 bits per heavy atom. The average molecular weight is 296 g/mol. The van der Waals surface area contributed by atoms with Crippen LogP contribution in [0.15, 0.2) is 21.2 Å². The molecule has 2 aromatic heterocycles. The maximum atomic E-state index is 5.47. The van der Waals surface area contributed by atoms with Crippen molar-refractivity contribution in [1.29, 1.82) is 0 Å². The minimum absolute atomic E-state index is 0.613. The lowest BCUT2D eigenvalue weighted by molar-refractivity contribution is 0.551. The summed E-state index contributed by atoms with van der Waals surface area (Å²) in [5.74, 6) is 2.13. The van der Waals surface area contributed by atoms with Gasteiger partial charge in [0.25, 0.3) is 0 Å². The molecule has 0 aliphatic carbocycles. The van der Waals surface area contributed by atoms with Crippen molar-refractivity contribution in [3.8, 4) is 11.6 Å². The third-order valence-electron chi connectivity index (χ3n) is 2.61. The first kappa shape index (κ1) is 12.1. The molecule has 2 rings (SSSR count). The van der Waals surface area contributed by atoms with E-state index in [0.717, 1.165) is 23.5 Å². The van der Waals surface area contributed by atoms with E-state index in [9.17, 15) is 0 Å². The molecule has 2 aromatic rings. The highest BCUT2D eigenvalue weighted by molar-refractivity contribution is 9.10. The molecule has 1 N–H and O–H groups in total.